The zero-order valence-corrected chi connectivity index (χ0v) is 15.9. The predicted molar refractivity (Wildman–Crippen MR) is 111 cm³/mol. The van der Waals surface area contributed by atoms with Crippen LogP contribution in [0.1, 0.15) is 36.8 Å². The average molecular weight is 358 g/mol. The minimum absolute atomic E-state index is 0.600. The SMILES string of the molecule is CCn1c2ccccc2c2cc(CN3CCCC(c4cn[nH]c4)C3)ccc21. The fourth-order valence-electron chi connectivity index (χ4n) is 4.75. The maximum absolute atomic E-state index is 4.13. The van der Waals surface area contributed by atoms with Crippen LogP contribution < -0.4 is 0 Å². The Morgan fingerprint density at radius 3 is 2.85 bits per heavy atom. The molecule has 5 rings (SSSR count). The van der Waals surface area contributed by atoms with E-state index < -0.39 is 0 Å². The molecule has 2 aromatic carbocycles. The van der Waals surface area contributed by atoms with Gasteiger partial charge < -0.3 is 4.57 Å². The lowest BCUT2D eigenvalue weighted by Crippen LogP contribution is -2.33. The molecule has 0 aliphatic carbocycles. The van der Waals surface area contributed by atoms with Gasteiger partial charge in [-0.25, -0.2) is 0 Å². The van der Waals surface area contributed by atoms with E-state index in [9.17, 15) is 0 Å². The molecular formula is C23H26N4. The molecule has 3 heterocycles. The van der Waals surface area contributed by atoms with Gasteiger partial charge in [-0.1, -0.05) is 24.3 Å². The second kappa shape index (κ2) is 6.86. The van der Waals surface area contributed by atoms with Crippen molar-refractivity contribution in [1.29, 1.82) is 0 Å². The molecule has 1 fully saturated rings. The number of piperidine rings is 1. The van der Waals surface area contributed by atoms with E-state index in [1.807, 2.05) is 6.20 Å². The molecule has 1 saturated heterocycles. The Labute approximate surface area is 159 Å². The van der Waals surface area contributed by atoms with Gasteiger partial charge in [-0.15, -0.1) is 0 Å². The average Bonchev–Trinajstić information content (AvgIpc) is 3.34. The van der Waals surface area contributed by atoms with Crippen LogP contribution in [0.3, 0.4) is 0 Å². The Kier molecular flexibility index (Phi) is 4.21. The third kappa shape index (κ3) is 2.94. The van der Waals surface area contributed by atoms with Crippen molar-refractivity contribution >= 4 is 21.8 Å². The highest BCUT2D eigenvalue weighted by atomic mass is 15.1. The van der Waals surface area contributed by atoms with Gasteiger partial charge in [0.25, 0.3) is 0 Å². The van der Waals surface area contributed by atoms with Crippen LogP contribution in [0.15, 0.2) is 54.9 Å². The molecule has 2 aromatic heterocycles. The quantitative estimate of drug-likeness (QED) is 0.562. The summed E-state index contributed by atoms with van der Waals surface area (Å²) >= 11 is 0. The Bertz CT molecular complexity index is 1060. The predicted octanol–water partition coefficient (Wildman–Crippen LogP) is 4.92. The first-order valence-corrected chi connectivity index (χ1v) is 10.0. The van der Waals surface area contributed by atoms with Gasteiger partial charge in [0.15, 0.2) is 0 Å². The summed E-state index contributed by atoms with van der Waals surface area (Å²) in [6.07, 6.45) is 6.56. The van der Waals surface area contributed by atoms with Crippen molar-refractivity contribution in [3.63, 3.8) is 0 Å². The van der Waals surface area contributed by atoms with Gasteiger partial charge in [0.05, 0.1) is 6.20 Å². The third-order valence-electron chi connectivity index (χ3n) is 6.06. The van der Waals surface area contributed by atoms with E-state index >= 15 is 0 Å². The van der Waals surface area contributed by atoms with Crippen LogP contribution in [0.25, 0.3) is 21.8 Å². The first-order valence-electron chi connectivity index (χ1n) is 10.0. The molecule has 4 heteroatoms. The zero-order valence-electron chi connectivity index (χ0n) is 15.9. The van der Waals surface area contributed by atoms with Crippen LogP contribution in [-0.2, 0) is 13.1 Å². The lowest BCUT2D eigenvalue weighted by molar-refractivity contribution is 0.200. The molecule has 4 nitrogen and oxygen atoms in total. The number of nitrogens with one attached hydrogen (secondary N) is 1. The van der Waals surface area contributed by atoms with Crippen molar-refractivity contribution in [2.45, 2.75) is 38.8 Å². The number of nitrogens with zero attached hydrogens (tertiary/aromatic N) is 3. The summed E-state index contributed by atoms with van der Waals surface area (Å²) in [5.41, 5.74) is 5.44. The number of hydrogen-bond donors (Lipinski definition) is 1. The first kappa shape index (κ1) is 16.6. The molecule has 0 amide bonds. The lowest BCUT2D eigenvalue weighted by atomic mass is 9.92. The van der Waals surface area contributed by atoms with Crippen molar-refractivity contribution in [2.75, 3.05) is 13.1 Å². The zero-order chi connectivity index (χ0) is 18.2. The van der Waals surface area contributed by atoms with Crippen molar-refractivity contribution in [2.24, 2.45) is 0 Å². The topological polar surface area (TPSA) is 36.9 Å². The van der Waals surface area contributed by atoms with E-state index in [0.29, 0.717) is 5.92 Å². The number of aryl methyl sites for hydroxylation is 1. The molecule has 1 N–H and O–H groups in total. The van der Waals surface area contributed by atoms with Gasteiger partial charge in [0, 0.05) is 47.6 Å². The Hall–Kier alpha value is -2.59. The van der Waals surface area contributed by atoms with Gasteiger partial charge >= 0.3 is 0 Å². The number of H-pyrrole nitrogens is 1. The fraction of sp³-hybridized carbons (Fsp3) is 0.348. The highest BCUT2D eigenvalue weighted by molar-refractivity contribution is 6.08. The first-order chi connectivity index (χ1) is 13.3. The minimum atomic E-state index is 0.600. The maximum atomic E-state index is 4.13. The molecule has 27 heavy (non-hydrogen) atoms. The van der Waals surface area contributed by atoms with E-state index in [0.717, 1.165) is 19.6 Å². The largest absolute Gasteiger partial charge is 0.341 e. The summed E-state index contributed by atoms with van der Waals surface area (Å²) < 4.78 is 2.42. The number of aromatic nitrogens is 3. The van der Waals surface area contributed by atoms with E-state index in [-0.39, 0.29) is 0 Å². The number of fused-ring (bicyclic) bond motifs is 3. The van der Waals surface area contributed by atoms with Crippen LogP contribution in [-0.4, -0.2) is 32.8 Å². The highest BCUT2D eigenvalue weighted by Crippen LogP contribution is 2.31. The van der Waals surface area contributed by atoms with Crippen LogP contribution in [0.4, 0.5) is 0 Å². The van der Waals surface area contributed by atoms with Gasteiger partial charge in [-0.05, 0) is 61.6 Å². The van der Waals surface area contributed by atoms with Crippen molar-refractivity contribution in [1.82, 2.24) is 19.7 Å². The second-order valence-corrected chi connectivity index (χ2v) is 7.72. The number of hydrogen-bond acceptors (Lipinski definition) is 2. The molecule has 0 bridgehead atoms. The van der Waals surface area contributed by atoms with Crippen molar-refractivity contribution in [3.8, 4) is 0 Å². The highest BCUT2D eigenvalue weighted by Gasteiger charge is 2.22. The number of benzene rings is 2. The number of para-hydroxylation sites is 1. The minimum Gasteiger partial charge on any atom is -0.341 e. The number of aromatic amines is 1. The second-order valence-electron chi connectivity index (χ2n) is 7.72. The number of likely N-dealkylation sites (tertiary alicyclic amines) is 1. The summed E-state index contributed by atoms with van der Waals surface area (Å²) in [4.78, 5) is 2.60. The van der Waals surface area contributed by atoms with Crippen LogP contribution in [0.2, 0.25) is 0 Å². The van der Waals surface area contributed by atoms with E-state index in [1.54, 1.807) is 0 Å². The molecule has 0 spiro atoms. The molecule has 1 unspecified atom stereocenters. The maximum Gasteiger partial charge on any atom is 0.0522 e. The summed E-state index contributed by atoms with van der Waals surface area (Å²) in [6, 6.07) is 15.8. The molecular weight excluding hydrogens is 332 g/mol. The van der Waals surface area contributed by atoms with Gasteiger partial charge in [-0.2, -0.15) is 5.10 Å². The van der Waals surface area contributed by atoms with Crippen LogP contribution >= 0.6 is 0 Å². The molecule has 0 radical (unpaired) electrons. The van der Waals surface area contributed by atoms with Gasteiger partial charge in [0.1, 0.15) is 0 Å². The normalized spacial score (nSPS) is 18.5. The Morgan fingerprint density at radius 1 is 1.11 bits per heavy atom. The van der Waals surface area contributed by atoms with Crippen LogP contribution in [0.5, 0.6) is 0 Å². The van der Waals surface area contributed by atoms with Crippen molar-refractivity contribution in [3.05, 3.63) is 66.0 Å². The molecule has 1 aliphatic rings. The molecule has 0 saturated carbocycles. The van der Waals surface area contributed by atoms with E-state index in [1.165, 1.54) is 52.3 Å². The van der Waals surface area contributed by atoms with Crippen molar-refractivity contribution < 1.29 is 0 Å². The summed E-state index contributed by atoms with van der Waals surface area (Å²) in [5.74, 6) is 0.600. The summed E-state index contributed by atoms with van der Waals surface area (Å²) in [5, 5.41) is 9.85. The lowest BCUT2D eigenvalue weighted by Gasteiger charge is -2.32. The smallest absolute Gasteiger partial charge is 0.0522 e. The summed E-state index contributed by atoms with van der Waals surface area (Å²) in [7, 11) is 0. The third-order valence-corrected chi connectivity index (χ3v) is 6.06. The Morgan fingerprint density at radius 2 is 2.00 bits per heavy atom. The fourth-order valence-corrected chi connectivity index (χ4v) is 4.75. The van der Waals surface area contributed by atoms with Crippen LogP contribution in [0, 0.1) is 0 Å². The summed E-state index contributed by atoms with van der Waals surface area (Å²) in [6.45, 7) is 6.55. The van der Waals surface area contributed by atoms with Gasteiger partial charge in [-0.3, -0.25) is 10.00 Å². The van der Waals surface area contributed by atoms with E-state index in [2.05, 4.69) is 75.2 Å². The van der Waals surface area contributed by atoms with E-state index in [4.69, 9.17) is 0 Å². The molecule has 4 aromatic rings. The molecule has 138 valence electrons. The molecule has 1 atom stereocenters. The Balaban J connectivity index is 1.44. The standard InChI is InChI=1S/C23H26N4/c1-2-27-22-8-4-3-7-20(22)21-12-17(9-10-23(21)27)15-26-11-5-6-18(16-26)19-13-24-25-14-19/h3-4,7-10,12-14,18H,2,5-6,11,15-16H2,1H3,(H,24,25). The molecule has 1 aliphatic heterocycles. The van der Waals surface area contributed by atoms with Gasteiger partial charge in [0.2, 0.25) is 0 Å². The number of rotatable bonds is 4. The monoisotopic (exact) mass is 358 g/mol.